The van der Waals surface area contributed by atoms with Crippen molar-refractivity contribution >= 4 is 12.0 Å². The van der Waals surface area contributed by atoms with Crippen molar-refractivity contribution in [1.29, 1.82) is 5.26 Å². The van der Waals surface area contributed by atoms with E-state index in [0.29, 0.717) is 18.1 Å². The highest BCUT2D eigenvalue weighted by molar-refractivity contribution is 6.01. The van der Waals surface area contributed by atoms with Crippen molar-refractivity contribution < 1.29 is 14.3 Å². The summed E-state index contributed by atoms with van der Waals surface area (Å²) in [6.07, 6.45) is 7.81. The number of hydrogen-bond acceptors (Lipinski definition) is 4. The fraction of sp³-hybridized carbons (Fsp3) is 0.360. The molecule has 1 aliphatic rings. The number of hydrogen-bond donors (Lipinski definition) is 1. The number of nitrogens with zero attached hydrogens (tertiary/aromatic N) is 1. The molecule has 1 N–H and O–H groups in total. The van der Waals surface area contributed by atoms with Gasteiger partial charge in [-0.05, 0) is 42.2 Å². The quantitative estimate of drug-likeness (QED) is 0.513. The third-order valence-corrected chi connectivity index (χ3v) is 5.30. The van der Waals surface area contributed by atoms with E-state index in [4.69, 9.17) is 9.47 Å². The zero-order valence-corrected chi connectivity index (χ0v) is 17.4. The average Bonchev–Trinajstić information content (AvgIpc) is 2.79. The summed E-state index contributed by atoms with van der Waals surface area (Å²) in [6, 6.07) is 17.7. The van der Waals surface area contributed by atoms with Crippen molar-refractivity contribution in [1.82, 2.24) is 5.32 Å². The van der Waals surface area contributed by atoms with E-state index in [1.54, 1.807) is 19.3 Å². The Balaban J connectivity index is 1.64. The van der Waals surface area contributed by atoms with Gasteiger partial charge in [0.25, 0.3) is 5.91 Å². The number of carbonyl (C=O) groups excluding carboxylic acids is 1. The molecule has 0 bridgehead atoms. The van der Waals surface area contributed by atoms with Crippen LogP contribution in [-0.4, -0.2) is 25.7 Å². The Hall–Kier alpha value is -3.26. The van der Waals surface area contributed by atoms with E-state index in [2.05, 4.69) is 17.4 Å². The molecule has 1 fully saturated rings. The maximum atomic E-state index is 12.5. The average molecular weight is 405 g/mol. The summed E-state index contributed by atoms with van der Waals surface area (Å²) in [5.41, 5.74) is 2.02. The molecular formula is C25H28N2O3. The van der Waals surface area contributed by atoms with Crippen molar-refractivity contribution in [2.75, 3.05) is 13.7 Å². The zero-order chi connectivity index (χ0) is 21.2. The van der Waals surface area contributed by atoms with Gasteiger partial charge in [-0.15, -0.1) is 0 Å². The third kappa shape index (κ3) is 6.12. The lowest BCUT2D eigenvalue weighted by atomic mass is 9.95. The molecule has 0 saturated heterocycles. The summed E-state index contributed by atoms with van der Waals surface area (Å²) in [5.74, 6) is 0.893. The summed E-state index contributed by atoms with van der Waals surface area (Å²) < 4.78 is 11.3. The molecule has 2 aromatic rings. The molecule has 1 saturated carbocycles. The summed E-state index contributed by atoms with van der Waals surface area (Å²) in [6.45, 7) is 0.531. The Kier molecular flexibility index (Phi) is 7.91. The zero-order valence-electron chi connectivity index (χ0n) is 17.4. The van der Waals surface area contributed by atoms with Gasteiger partial charge in [0.05, 0.1) is 13.7 Å². The van der Waals surface area contributed by atoms with E-state index < -0.39 is 0 Å². The van der Waals surface area contributed by atoms with Gasteiger partial charge >= 0.3 is 0 Å². The van der Waals surface area contributed by atoms with Crippen LogP contribution in [0.3, 0.4) is 0 Å². The molecule has 0 atom stereocenters. The Bertz CT molecular complexity index is 910. The smallest absolute Gasteiger partial charge is 0.262 e. The first-order valence-electron chi connectivity index (χ1n) is 10.5. The number of benzene rings is 2. The fourth-order valence-corrected chi connectivity index (χ4v) is 3.64. The van der Waals surface area contributed by atoms with Crippen LogP contribution in [-0.2, 0) is 11.2 Å². The summed E-state index contributed by atoms with van der Waals surface area (Å²) in [4.78, 5) is 12.5. The third-order valence-electron chi connectivity index (χ3n) is 5.30. The first-order valence-corrected chi connectivity index (χ1v) is 10.5. The van der Waals surface area contributed by atoms with E-state index in [1.165, 1.54) is 12.0 Å². The molecule has 0 radical (unpaired) electrons. The lowest BCUT2D eigenvalue weighted by Gasteiger charge is -2.22. The van der Waals surface area contributed by atoms with Crippen molar-refractivity contribution in [2.24, 2.45) is 0 Å². The van der Waals surface area contributed by atoms with Crippen molar-refractivity contribution in [3.63, 3.8) is 0 Å². The fourth-order valence-electron chi connectivity index (χ4n) is 3.64. The van der Waals surface area contributed by atoms with Gasteiger partial charge in [0.15, 0.2) is 11.5 Å². The maximum absolute atomic E-state index is 12.5. The SMILES string of the molecule is COc1cc(/C=C(/C#N)C(=O)NC2CCCCC2)ccc1OCCc1ccccc1. The first-order chi connectivity index (χ1) is 14.7. The molecule has 1 amide bonds. The van der Waals surface area contributed by atoms with Crippen molar-refractivity contribution in [3.8, 4) is 17.6 Å². The topological polar surface area (TPSA) is 71.3 Å². The number of amides is 1. The Labute approximate surface area is 178 Å². The van der Waals surface area contributed by atoms with Gasteiger partial charge in [0, 0.05) is 12.5 Å². The summed E-state index contributed by atoms with van der Waals surface area (Å²) in [5, 5.41) is 12.4. The van der Waals surface area contributed by atoms with Gasteiger partial charge in [0.2, 0.25) is 0 Å². The highest BCUT2D eigenvalue weighted by atomic mass is 16.5. The Morgan fingerprint density at radius 2 is 1.90 bits per heavy atom. The summed E-state index contributed by atoms with van der Waals surface area (Å²) in [7, 11) is 1.58. The lowest BCUT2D eigenvalue weighted by molar-refractivity contribution is -0.117. The highest BCUT2D eigenvalue weighted by Crippen LogP contribution is 2.29. The molecule has 5 nitrogen and oxygen atoms in total. The molecule has 0 aromatic heterocycles. The van der Waals surface area contributed by atoms with Crippen LogP contribution in [0.4, 0.5) is 0 Å². The molecular weight excluding hydrogens is 376 g/mol. The second-order valence-corrected chi connectivity index (χ2v) is 7.47. The van der Waals surface area contributed by atoms with Crippen LogP contribution in [0, 0.1) is 11.3 Å². The van der Waals surface area contributed by atoms with Crippen LogP contribution in [0.25, 0.3) is 6.08 Å². The normalized spacial score (nSPS) is 14.6. The minimum Gasteiger partial charge on any atom is -0.493 e. The highest BCUT2D eigenvalue weighted by Gasteiger charge is 2.18. The first kappa shape index (κ1) is 21.4. The summed E-state index contributed by atoms with van der Waals surface area (Å²) >= 11 is 0. The molecule has 0 spiro atoms. The molecule has 0 aliphatic heterocycles. The van der Waals surface area contributed by atoms with Crippen molar-refractivity contribution in [3.05, 3.63) is 65.2 Å². The van der Waals surface area contributed by atoms with E-state index in [9.17, 15) is 10.1 Å². The Morgan fingerprint density at radius 3 is 2.60 bits per heavy atom. The lowest BCUT2D eigenvalue weighted by Crippen LogP contribution is -2.36. The molecule has 156 valence electrons. The van der Waals surface area contributed by atoms with E-state index in [-0.39, 0.29) is 17.5 Å². The number of carbonyl (C=O) groups is 1. The number of nitriles is 1. The predicted molar refractivity (Wildman–Crippen MR) is 117 cm³/mol. The number of ether oxygens (including phenoxy) is 2. The van der Waals surface area contributed by atoms with Gasteiger partial charge < -0.3 is 14.8 Å². The minimum absolute atomic E-state index is 0.0976. The van der Waals surface area contributed by atoms with E-state index >= 15 is 0 Å². The van der Waals surface area contributed by atoms with Crippen molar-refractivity contribution in [2.45, 2.75) is 44.6 Å². The van der Waals surface area contributed by atoms with Crippen LogP contribution in [0.5, 0.6) is 11.5 Å². The molecule has 2 aromatic carbocycles. The molecule has 30 heavy (non-hydrogen) atoms. The molecule has 5 heteroatoms. The van der Waals surface area contributed by atoms with Gasteiger partial charge in [-0.25, -0.2) is 0 Å². The molecule has 0 heterocycles. The van der Waals surface area contributed by atoms with Crippen LogP contribution < -0.4 is 14.8 Å². The van der Waals surface area contributed by atoms with Crippen LogP contribution in [0.15, 0.2) is 54.1 Å². The maximum Gasteiger partial charge on any atom is 0.262 e. The minimum atomic E-state index is -0.313. The standard InChI is InChI=1S/C25H28N2O3/c1-29-24-17-20(12-13-23(24)30-15-14-19-8-4-2-5-9-19)16-21(18-26)25(28)27-22-10-6-3-7-11-22/h2,4-5,8-9,12-13,16-17,22H,3,6-7,10-11,14-15H2,1H3,(H,27,28)/b21-16-. The number of methoxy groups -OCH3 is 1. The number of nitrogens with one attached hydrogen (secondary N) is 1. The Morgan fingerprint density at radius 1 is 1.13 bits per heavy atom. The van der Waals surface area contributed by atoms with Crippen LogP contribution in [0.1, 0.15) is 43.2 Å². The van der Waals surface area contributed by atoms with E-state index in [0.717, 1.165) is 37.7 Å². The van der Waals surface area contributed by atoms with Crippen LogP contribution >= 0.6 is 0 Å². The predicted octanol–water partition coefficient (Wildman–Crippen LogP) is 4.67. The monoisotopic (exact) mass is 404 g/mol. The molecule has 0 unspecified atom stereocenters. The molecule has 1 aliphatic carbocycles. The second-order valence-electron chi connectivity index (χ2n) is 7.47. The van der Waals surface area contributed by atoms with Gasteiger partial charge in [-0.2, -0.15) is 5.26 Å². The van der Waals surface area contributed by atoms with Crippen LogP contribution in [0.2, 0.25) is 0 Å². The molecule has 3 rings (SSSR count). The second kappa shape index (κ2) is 11.1. The van der Waals surface area contributed by atoms with E-state index in [1.807, 2.05) is 36.4 Å². The largest absolute Gasteiger partial charge is 0.493 e. The van der Waals surface area contributed by atoms with Gasteiger partial charge in [-0.1, -0.05) is 55.7 Å². The number of rotatable bonds is 8. The van der Waals surface area contributed by atoms with Gasteiger partial charge in [0.1, 0.15) is 11.6 Å². The van der Waals surface area contributed by atoms with Gasteiger partial charge in [-0.3, -0.25) is 4.79 Å².